The van der Waals surface area contributed by atoms with Gasteiger partial charge in [0.15, 0.2) is 0 Å². The first-order chi connectivity index (χ1) is 10.1. The molecule has 0 unspecified atom stereocenters. The average molecular weight is 298 g/mol. The van der Waals surface area contributed by atoms with Gasteiger partial charge in [-0.1, -0.05) is 0 Å². The Bertz CT molecular complexity index is 457. The van der Waals surface area contributed by atoms with E-state index in [1.807, 2.05) is 6.92 Å². The fourth-order valence-electron chi connectivity index (χ4n) is 1.46. The van der Waals surface area contributed by atoms with Gasteiger partial charge in [-0.2, -0.15) is 15.0 Å². The maximum Gasteiger partial charge on any atom is 0.323 e. The van der Waals surface area contributed by atoms with Crippen molar-refractivity contribution in [3.8, 4) is 6.01 Å². The number of nitrogens with zero attached hydrogens (tertiary/aromatic N) is 4. The molecule has 0 spiro atoms. The maximum absolute atomic E-state index is 11.7. The summed E-state index contributed by atoms with van der Waals surface area (Å²) in [6, 6.07) is 0.221. The Kier molecular flexibility index (Phi) is 7.16. The number of ether oxygens (including phenoxy) is 2. The topological polar surface area (TPSA) is 102 Å². The van der Waals surface area contributed by atoms with Crippen molar-refractivity contribution in [2.45, 2.75) is 6.92 Å². The number of amides is 1. The van der Waals surface area contributed by atoms with Gasteiger partial charge in [0.1, 0.15) is 0 Å². The van der Waals surface area contributed by atoms with Crippen LogP contribution in [0.2, 0.25) is 0 Å². The summed E-state index contributed by atoms with van der Waals surface area (Å²) in [5.41, 5.74) is 0. The Morgan fingerprint density at radius 3 is 2.71 bits per heavy atom. The van der Waals surface area contributed by atoms with Crippen LogP contribution in [0, 0.1) is 0 Å². The summed E-state index contributed by atoms with van der Waals surface area (Å²) < 4.78 is 10.1. The van der Waals surface area contributed by atoms with Gasteiger partial charge in [-0.05, 0) is 6.92 Å². The number of rotatable bonds is 9. The third-order valence-corrected chi connectivity index (χ3v) is 2.45. The second-order valence-electron chi connectivity index (χ2n) is 4.12. The maximum atomic E-state index is 11.7. The van der Waals surface area contributed by atoms with Crippen LogP contribution in [0.25, 0.3) is 0 Å². The van der Waals surface area contributed by atoms with Crippen LogP contribution in [0.4, 0.5) is 11.9 Å². The van der Waals surface area contributed by atoms with Gasteiger partial charge >= 0.3 is 6.01 Å². The van der Waals surface area contributed by atoms with Gasteiger partial charge in [-0.15, -0.1) is 0 Å². The van der Waals surface area contributed by atoms with Crippen LogP contribution in [0.5, 0.6) is 6.01 Å². The summed E-state index contributed by atoms with van der Waals surface area (Å²) in [5, 5.41) is 5.56. The molecule has 0 saturated carbocycles. The Morgan fingerprint density at radius 1 is 1.33 bits per heavy atom. The molecule has 0 radical (unpaired) electrons. The van der Waals surface area contributed by atoms with Crippen molar-refractivity contribution in [1.82, 2.24) is 20.3 Å². The molecular formula is C12H22N6O3. The monoisotopic (exact) mass is 298 g/mol. The van der Waals surface area contributed by atoms with Gasteiger partial charge in [-0.3, -0.25) is 4.79 Å². The summed E-state index contributed by atoms with van der Waals surface area (Å²) in [6.07, 6.45) is 0. The quantitative estimate of drug-likeness (QED) is 0.589. The molecule has 0 atom stereocenters. The molecule has 0 aliphatic heterocycles. The minimum absolute atomic E-state index is 0.127. The fourth-order valence-corrected chi connectivity index (χ4v) is 1.46. The van der Waals surface area contributed by atoms with Crippen LogP contribution in [-0.4, -0.2) is 68.4 Å². The van der Waals surface area contributed by atoms with Gasteiger partial charge in [0.2, 0.25) is 17.8 Å². The van der Waals surface area contributed by atoms with Gasteiger partial charge in [0.05, 0.1) is 19.8 Å². The number of hydrogen-bond acceptors (Lipinski definition) is 8. The SMILES string of the molecule is CCOc1nc(NC)nc(N(C)CC(=O)NCCOC)n1. The lowest BCUT2D eigenvalue weighted by Crippen LogP contribution is -2.37. The van der Waals surface area contributed by atoms with Crippen LogP contribution in [0.1, 0.15) is 6.92 Å². The molecule has 9 nitrogen and oxygen atoms in total. The predicted octanol–water partition coefficient (Wildman–Crippen LogP) is -0.489. The number of anilines is 2. The van der Waals surface area contributed by atoms with Gasteiger partial charge < -0.3 is 25.0 Å². The summed E-state index contributed by atoms with van der Waals surface area (Å²) in [5.74, 6) is 0.605. The lowest BCUT2D eigenvalue weighted by molar-refractivity contribution is -0.119. The largest absolute Gasteiger partial charge is 0.464 e. The van der Waals surface area contributed by atoms with E-state index in [1.54, 1.807) is 26.1 Å². The van der Waals surface area contributed by atoms with Crippen LogP contribution < -0.4 is 20.3 Å². The van der Waals surface area contributed by atoms with Crippen molar-refractivity contribution < 1.29 is 14.3 Å². The molecule has 1 aromatic rings. The summed E-state index contributed by atoms with van der Waals surface area (Å²) in [6.45, 7) is 3.36. The number of hydrogen-bond donors (Lipinski definition) is 2. The van der Waals surface area contributed by atoms with Crippen LogP contribution >= 0.6 is 0 Å². The number of likely N-dealkylation sites (N-methyl/N-ethyl adjacent to an activating group) is 1. The summed E-state index contributed by atoms with van der Waals surface area (Å²) >= 11 is 0. The molecule has 1 amide bonds. The van der Waals surface area contributed by atoms with E-state index in [1.165, 1.54) is 0 Å². The minimum atomic E-state index is -0.140. The smallest absolute Gasteiger partial charge is 0.323 e. The molecule has 0 aliphatic carbocycles. The number of carbonyl (C=O) groups excluding carboxylic acids is 1. The Balaban J connectivity index is 2.69. The highest BCUT2D eigenvalue weighted by atomic mass is 16.5. The number of aromatic nitrogens is 3. The Labute approximate surface area is 124 Å². The van der Waals surface area contributed by atoms with E-state index in [2.05, 4.69) is 25.6 Å². The third-order valence-electron chi connectivity index (χ3n) is 2.45. The average Bonchev–Trinajstić information content (AvgIpc) is 2.47. The molecule has 0 aliphatic rings. The highest BCUT2D eigenvalue weighted by molar-refractivity contribution is 5.80. The number of carbonyl (C=O) groups is 1. The van der Waals surface area contributed by atoms with Crippen molar-refractivity contribution >= 4 is 17.8 Å². The van der Waals surface area contributed by atoms with Crippen molar-refractivity contribution in [2.24, 2.45) is 0 Å². The van der Waals surface area contributed by atoms with E-state index >= 15 is 0 Å². The standard InChI is InChI=1S/C12H22N6O3/c1-5-21-12-16-10(13-2)15-11(17-12)18(3)8-9(19)14-6-7-20-4/h5-8H2,1-4H3,(H,14,19)(H,13,15,16,17). The molecule has 1 rings (SSSR count). The van der Waals surface area contributed by atoms with Gasteiger partial charge in [-0.25, -0.2) is 0 Å². The van der Waals surface area contributed by atoms with E-state index < -0.39 is 0 Å². The first kappa shape index (κ1) is 16.9. The highest BCUT2D eigenvalue weighted by Gasteiger charge is 2.13. The molecule has 0 aromatic carbocycles. The van der Waals surface area contributed by atoms with Crippen LogP contribution in [0.3, 0.4) is 0 Å². The molecule has 118 valence electrons. The number of nitrogens with one attached hydrogen (secondary N) is 2. The highest BCUT2D eigenvalue weighted by Crippen LogP contribution is 2.13. The summed E-state index contributed by atoms with van der Waals surface area (Å²) in [7, 11) is 5.00. The van der Waals surface area contributed by atoms with Crippen molar-refractivity contribution in [3.63, 3.8) is 0 Å². The second kappa shape index (κ2) is 8.90. The molecule has 0 bridgehead atoms. The lowest BCUT2D eigenvalue weighted by atomic mass is 10.5. The first-order valence-corrected chi connectivity index (χ1v) is 6.64. The zero-order valence-corrected chi connectivity index (χ0v) is 12.8. The lowest BCUT2D eigenvalue weighted by Gasteiger charge is -2.17. The Hall–Kier alpha value is -2.16. The van der Waals surface area contributed by atoms with Gasteiger partial charge in [0, 0.05) is 27.7 Å². The second-order valence-corrected chi connectivity index (χ2v) is 4.12. The molecule has 0 saturated heterocycles. The molecule has 1 aromatic heterocycles. The zero-order chi connectivity index (χ0) is 15.7. The van der Waals surface area contributed by atoms with E-state index in [0.717, 1.165) is 0 Å². The molecule has 9 heteroatoms. The number of methoxy groups -OCH3 is 1. The fraction of sp³-hybridized carbons (Fsp3) is 0.667. The van der Waals surface area contributed by atoms with E-state index in [9.17, 15) is 4.79 Å². The van der Waals surface area contributed by atoms with Crippen LogP contribution in [0.15, 0.2) is 0 Å². The van der Waals surface area contributed by atoms with Crippen molar-refractivity contribution in [2.75, 3.05) is 57.7 Å². The van der Waals surface area contributed by atoms with Gasteiger partial charge in [0.25, 0.3) is 0 Å². The first-order valence-electron chi connectivity index (χ1n) is 6.64. The van der Waals surface area contributed by atoms with Crippen molar-refractivity contribution in [3.05, 3.63) is 0 Å². The van der Waals surface area contributed by atoms with Crippen LogP contribution in [-0.2, 0) is 9.53 Å². The molecule has 21 heavy (non-hydrogen) atoms. The molecule has 1 heterocycles. The third kappa shape index (κ3) is 5.78. The predicted molar refractivity (Wildman–Crippen MR) is 78.7 cm³/mol. The zero-order valence-electron chi connectivity index (χ0n) is 12.8. The van der Waals surface area contributed by atoms with E-state index in [-0.39, 0.29) is 18.5 Å². The molecule has 0 fully saturated rings. The van der Waals surface area contributed by atoms with E-state index in [4.69, 9.17) is 9.47 Å². The molecular weight excluding hydrogens is 276 g/mol. The van der Waals surface area contributed by atoms with Crippen molar-refractivity contribution in [1.29, 1.82) is 0 Å². The van der Waals surface area contributed by atoms with E-state index in [0.29, 0.717) is 31.7 Å². The normalized spacial score (nSPS) is 10.1. The molecule has 2 N–H and O–H groups in total. The summed E-state index contributed by atoms with van der Waals surface area (Å²) in [4.78, 5) is 25.8. The Morgan fingerprint density at radius 2 is 2.10 bits per heavy atom. The minimum Gasteiger partial charge on any atom is -0.464 e.